The van der Waals surface area contributed by atoms with Gasteiger partial charge in [-0.3, -0.25) is 13.7 Å². The van der Waals surface area contributed by atoms with Gasteiger partial charge in [-0.15, -0.1) is 0 Å². The lowest BCUT2D eigenvalue weighted by Gasteiger charge is -2.17. The maximum atomic E-state index is 9.05. The van der Waals surface area contributed by atoms with E-state index in [-0.39, 0.29) is 18.3 Å². The van der Waals surface area contributed by atoms with Gasteiger partial charge in [0.1, 0.15) is 17.3 Å². The Labute approximate surface area is 323 Å². The lowest BCUT2D eigenvalue weighted by molar-refractivity contribution is -0.571. The average Bonchev–Trinajstić information content (AvgIpc) is 3.81. The smallest absolute Gasteiger partial charge is 0.269 e. The molecule has 0 aliphatic rings. The summed E-state index contributed by atoms with van der Waals surface area (Å²) in [6, 6.07) is 57.9. The summed E-state index contributed by atoms with van der Waals surface area (Å²) in [5.74, 6) is 1.59. The summed E-state index contributed by atoms with van der Waals surface area (Å²) >= 11 is 0. The molecule has 10 rings (SSSR count). The molecule has 262 valence electrons. The van der Waals surface area contributed by atoms with Gasteiger partial charge in [-0.05, 0) is 82.7 Å². The van der Waals surface area contributed by atoms with Crippen LogP contribution in [0.2, 0.25) is 0 Å². The first-order valence-electron chi connectivity index (χ1n) is 20.0. The average molecular weight is 712 g/mol. The van der Waals surface area contributed by atoms with E-state index in [1.807, 2.05) is 84.3 Å². The maximum absolute atomic E-state index is 9.05. The first-order valence-corrected chi connectivity index (χ1v) is 18.5. The number of imidazole rings is 1. The molecule has 5 nitrogen and oxygen atoms in total. The van der Waals surface area contributed by atoms with E-state index in [2.05, 4.69) is 118 Å². The Morgan fingerprint density at radius 1 is 0.636 bits per heavy atom. The van der Waals surface area contributed by atoms with Gasteiger partial charge < -0.3 is 4.74 Å². The molecule has 3 aromatic heterocycles. The highest BCUT2D eigenvalue weighted by atomic mass is 16.5. The van der Waals surface area contributed by atoms with Gasteiger partial charge >= 0.3 is 0 Å². The van der Waals surface area contributed by atoms with Gasteiger partial charge in [-0.2, -0.15) is 0 Å². The van der Waals surface area contributed by atoms with E-state index in [0.717, 1.165) is 66.5 Å². The van der Waals surface area contributed by atoms with E-state index in [4.69, 9.17) is 8.85 Å². The number of pyridine rings is 1. The van der Waals surface area contributed by atoms with Crippen LogP contribution in [0.4, 0.5) is 0 Å². The van der Waals surface area contributed by atoms with Gasteiger partial charge in [0.2, 0.25) is 0 Å². The third-order valence-corrected chi connectivity index (χ3v) is 10.1. The van der Waals surface area contributed by atoms with Gasteiger partial charge in [0.05, 0.1) is 37.6 Å². The van der Waals surface area contributed by atoms with E-state index in [1.54, 1.807) is 0 Å². The molecule has 0 bridgehead atoms. The summed E-state index contributed by atoms with van der Waals surface area (Å²) in [6.45, 7) is 1.90. The Kier molecular flexibility index (Phi) is 7.25. The molecular formula is C50H36N4O. The predicted molar refractivity (Wildman–Crippen MR) is 223 cm³/mol. The standard InChI is InChI=1S/C50H36N4O/c1-2-35-29-30-51-49(31-35)54-45-24-10-9-21-43(45)44-28-27-40(33-48(44)54)55-39-20-13-19-38(32-39)52-34-53(47-26-12-11-25-46(47)52)50-41(36-15-5-3-6-16-36)22-14-23-42(50)37-17-7-4-8-18-37/h3-33H,2H2,1H3/i29D,30D,31D. The zero-order valence-electron chi connectivity index (χ0n) is 33.1. The van der Waals surface area contributed by atoms with Crippen molar-refractivity contribution < 1.29 is 13.4 Å². The van der Waals surface area contributed by atoms with Crippen LogP contribution in [-0.2, 0) is 6.42 Å². The Hall–Kier alpha value is -7.24. The monoisotopic (exact) mass is 711 g/mol. The van der Waals surface area contributed by atoms with Crippen LogP contribution in [-0.4, -0.2) is 14.1 Å². The molecule has 0 unspecified atom stereocenters. The molecular weight excluding hydrogens is 673 g/mol. The number of hydrogen-bond donors (Lipinski definition) is 0. The predicted octanol–water partition coefficient (Wildman–Crippen LogP) is 11.9. The first-order chi connectivity index (χ1) is 28.5. The Morgan fingerprint density at radius 2 is 1.29 bits per heavy atom. The number of ether oxygens (including phenoxy) is 1. The van der Waals surface area contributed by atoms with Crippen molar-refractivity contribution in [2.45, 2.75) is 13.3 Å². The Bertz CT molecular complexity index is 3120. The summed E-state index contributed by atoms with van der Waals surface area (Å²) < 4.78 is 38.7. The fraction of sp³-hybridized carbons (Fsp3) is 0.0400. The topological polar surface area (TPSA) is 35.9 Å². The molecule has 0 fully saturated rings. The van der Waals surface area contributed by atoms with Gasteiger partial charge in [-0.1, -0.05) is 134 Å². The minimum absolute atomic E-state index is 0.00352. The van der Waals surface area contributed by atoms with E-state index in [0.29, 0.717) is 29.3 Å². The van der Waals surface area contributed by atoms with Gasteiger partial charge in [0, 0.05) is 23.0 Å². The number of aromatic nitrogens is 4. The highest BCUT2D eigenvalue weighted by Gasteiger charge is 2.20. The summed E-state index contributed by atoms with van der Waals surface area (Å²) in [5.41, 5.74) is 10.5. The zero-order valence-corrected chi connectivity index (χ0v) is 30.1. The van der Waals surface area contributed by atoms with Gasteiger partial charge in [-0.25, -0.2) is 4.98 Å². The third kappa shape index (κ3) is 5.74. The van der Waals surface area contributed by atoms with Crippen LogP contribution in [0.1, 0.15) is 16.6 Å². The Balaban J connectivity index is 1.10. The number of rotatable bonds is 8. The zero-order chi connectivity index (χ0) is 39.3. The van der Waals surface area contributed by atoms with E-state index in [1.165, 1.54) is 0 Å². The van der Waals surface area contributed by atoms with Crippen molar-refractivity contribution in [1.29, 1.82) is 0 Å². The fourth-order valence-electron chi connectivity index (χ4n) is 7.59. The SMILES string of the molecule is [2H]c1nc(-n2c3ccccc3c3ccc(Oc4cccc(-n5[c-][n+](-c6c(-c7ccccc7)cccc6-c6ccccc6)c6ccccc65)c4)cc32)c([2H])c(CC)c1[2H]. The summed E-state index contributed by atoms with van der Waals surface area (Å²) in [4.78, 5) is 4.48. The van der Waals surface area contributed by atoms with Crippen molar-refractivity contribution in [1.82, 2.24) is 14.1 Å². The minimum Gasteiger partial charge on any atom is -0.458 e. The molecule has 0 atom stereocenters. The van der Waals surface area contributed by atoms with Crippen molar-refractivity contribution in [3.05, 3.63) is 200 Å². The van der Waals surface area contributed by atoms with Crippen LogP contribution < -0.4 is 9.30 Å². The van der Waals surface area contributed by atoms with Crippen molar-refractivity contribution >= 4 is 32.8 Å². The summed E-state index contributed by atoms with van der Waals surface area (Å²) in [5, 5.41) is 1.97. The van der Waals surface area contributed by atoms with E-state index < -0.39 is 0 Å². The second-order valence-corrected chi connectivity index (χ2v) is 13.5. The molecule has 0 saturated heterocycles. The maximum Gasteiger partial charge on any atom is 0.269 e. The molecule has 3 heterocycles. The lowest BCUT2D eigenvalue weighted by atomic mass is 9.95. The second-order valence-electron chi connectivity index (χ2n) is 13.5. The summed E-state index contributed by atoms with van der Waals surface area (Å²) in [6.07, 6.45) is 4.06. The number of hydrogen-bond acceptors (Lipinski definition) is 2. The molecule has 0 aliphatic carbocycles. The van der Waals surface area contributed by atoms with Gasteiger partial charge in [0.25, 0.3) is 6.33 Å². The minimum atomic E-state index is -0.145. The molecule has 5 heteroatoms. The van der Waals surface area contributed by atoms with Crippen molar-refractivity contribution in [3.8, 4) is 50.9 Å². The van der Waals surface area contributed by atoms with E-state index >= 15 is 0 Å². The van der Waals surface area contributed by atoms with Crippen LogP contribution in [0, 0.1) is 6.33 Å². The summed E-state index contributed by atoms with van der Waals surface area (Å²) in [7, 11) is 0. The Morgan fingerprint density at radius 3 is 2.05 bits per heavy atom. The molecule has 55 heavy (non-hydrogen) atoms. The largest absolute Gasteiger partial charge is 0.458 e. The highest BCUT2D eigenvalue weighted by molar-refractivity contribution is 6.09. The van der Waals surface area contributed by atoms with Crippen LogP contribution in [0.5, 0.6) is 11.5 Å². The van der Waals surface area contributed by atoms with E-state index in [9.17, 15) is 0 Å². The van der Waals surface area contributed by atoms with Crippen LogP contribution in [0.3, 0.4) is 0 Å². The number of para-hydroxylation sites is 4. The number of benzene rings is 7. The molecule has 7 aromatic carbocycles. The van der Waals surface area contributed by atoms with Crippen molar-refractivity contribution in [3.63, 3.8) is 0 Å². The van der Waals surface area contributed by atoms with Crippen molar-refractivity contribution in [2.75, 3.05) is 0 Å². The quantitative estimate of drug-likeness (QED) is 0.116. The van der Waals surface area contributed by atoms with Crippen LogP contribution >= 0.6 is 0 Å². The number of fused-ring (bicyclic) bond motifs is 4. The normalized spacial score (nSPS) is 12.2. The van der Waals surface area contributed by atoms with Crippen molar-refractivity contribution in [2.24, 2.45) is 0 Å². The molecule has 0 amide bonds. The van der Waals surface area contributed by atoms with Crippen LogP contribution in [0.25, 0.3) is 72.3 Å². The molecule has 0 aliphatic heterocycles. The molecule has 10 aromatic rings. The molecule has 0 spiro atoms. The molecule has 0 N–H and O–H groups in total. The number of nitrogens with zero attached hydrogens (tertiary/aromatic N) is 4. The van der Waals surface area contributed by atoms with Gasteiger partial charge in [0.15, 0.2) is 0 Å². The molecule has 0 radical (unpaired) electrons. The fourth-order valence-corrected chi connectivity index (χ4v) is 7.59. The molecule has 0 saturated carbocycles. The second kappa shape index (κ2) is 13.6. The third-order valence-electron chi connectivity index (χ3n) is 10.1. The van der Waals surface area contributed by atoms with Crippen LogP contribution in [0.15, 0.2) is 188 Å². The first kappa shape index (κ1) is 29.2. The highest BCUT2D eigenvalue weighted by Crippen LogP contribution is 2.37. The lowest BCUT2D eigenvalue weighted by Crippen LogP contribution is -2.31.